The zero-order chi connectivity index (χ0) is 23.8. The van der Waals surface area contributed by atoms with Crippen molar-refractivity contribution < 1.29 is 34.1 Å². The van der Waals surface area contributed by atoms with Crippen molar-refractivity contribution in [2.24, 2.45) is 5.92 Å². The minimum absolute atomic E-state index is 0.0713. The highest BCUT2D eigenvalue weighted by atomic mass is 16.5. The van der Waals surface area contributed by atoms with E-state index in [1.54, 1.807) is 18.2 Å². The molecule has 0 aliphatic carbocycles. The van der Waals surface area contributed by atoms with Gasteiger partial charge in [0.2, 0.25) is 0 Å². The lowest BCUT2D eigenvalue weighted by Gasteiger charge is -2.13. The highest BCUT2D eigenvalue weighted by Crippen LogP contribution is 2.29. The van der Waals surface area contributed by atoms with E-state index in [2.05, 4.69) is 26.0 Å². The molecule has 0 amide bonds. The first-order chi connectivity index (χ1) is 15.3. The minimum Gasteiger partial charge on any atom is -0.490 e. The number of rotatable bonds is 18. The third kappa shape index (κ3) is 13.5. The molecule has 0 radical (unpaired) electrons. The Morgan fingerprint density at radius 1 is 0.906 bits per heavy atom. The number of carboxylic acid groups (broad SMARTS) is 2. The predicted octanol–water partition coefficient (Wildman–Crippen LogP) is 5.06. The van der Waals surface area contributed by atoms with Crippen LogP contribution in [0.5, 0.6) is 11.5 Å². The normalized spacial score (nSPS) is 11.1. The molecule has 1 aromatic rings. The van der Waals surface area contributed by atoms with Gasteiger partial charge in [0.25, 0.3) is 0 Å². The number of aliphatic carboxylic acids is 2. The second-order valence-corrected chi connectivity index (χ2v) is 8.12. The quantitative estimate of drug-likeness (QED) is 0.239. The predicted molar refractivity (Wildman–Crippen MR) is 122 cm³/mol. The summed E-state index contributed by atoms with van der Waals surface area (Å²) in [6, 6.07) is 5.22. The Balaban J connectivity index is 2.53. The number of ether oxygens (including phenoxy) is 2. The molecule has 7 heteroatoms. The Labute approximate surface area is 190 Å². The van der Waals surface area contributed by atoms with E-state index in [-0.39, 0.29) is 12.2 Å². The van der Waals surface area contributed by atoms with Crippen LogP contribution in [-0.4, -0.2) is 41.1 Å². The van der Waals surface area contributed by atoms with Gasteiger partial charge in [0.15, 0.2) is 18.1 Å². The van der Waals surface area contributed by atoms with Crippen LogP contribution < -0.4 is 9.47 Å². The molecule has 1 aromatic carbocycles. The summed E-state index contributed by atoms with van der Waals surface area (Å²) in [5, 5.41) is 17.5. The summed E-state index contributed by atoms with van der Waals surface area (Å²) in [6.07, 6.45) is 9.93. The van der Waals surface area contributed by atoms with Gasteiger partial charge in [0.1, 0.15) is 5.78 Å². The van der Waals surface area contributed by atoms with Crippen molar-refractivity contribution in [3.8, 4) is 11.5 Å². The molecule has 32 heavy (non-hydrogen) atoms. The van der Waals surface area contributed by atoms with Gasteiger partial charge in [-0.15, -0.1) is 0 Å². The molecule has 0 aliphatic heterocycles. The summed E-state index contributed by atoms with van der Waals surface area (Å²) >= 11 is 0. The monoisotopic (exact) mass is 448 g/mol. The molecular formula is C25H36O7. The van der Waals surface area contributed by atoms with E-state index in [0.717, 1.165) is 24.8 Å². The summed E-state index contributed by atoms with van der Waals surface area (Å²) in [7, 11) is 0. The molecule has 1 rings (SSSR count). The summed E-state index contributed by atoms with van der Waals surface area (Å²) in [4.78, 5) is 33.6. The van der Waals surface area contributed by atoms with Crippen molar-refractivity contribution in [2.45, 2.75) is 71.6 Å². The van der Waals surface area contributed by atoms with Crippen molar-refractivity contribution in [2.75, 3.05) is 13.2 Å². The zero-order valence-electron chi connectivity index (χ0n) is 19.2. The second-order valence-electron chi connectivity index (χ2n) is 8.12. The number of Topliss-reactive ketones (excluding diaryl/α,β-unsaturated/α-hetero) is 1. The summed E-state index contributed by atoms with van der Waals surface area (Å²) in [6.45, 7) is 4.09. The number of carbonyl (C=O) groups is 3. The Hall–Kier alpha value is -2.83. The van der Waals surface area contributed by atoms with E-state index in [0.29, 0.717) is 56.1 Å². The zero-order valence-corrected chi connectivity index (χ0v) is 19.2. The van der Waals surface area contributed by atoms with Crippen molar-refractivity contribution in [1.82, 2.24) is 0 Å². The molecule has 0 heterocycles. The third-order valence-electron chi connectivity index (χ3n) is 4.69. The van der Waals surface area contributed by atoms with Gasteiger partial charge in [-0.3, -0.25) is 9.59 Å². The molecule has 0 fully saturated rings. The minimum atomic E-state index is -1.09. The maximum Gasteiger partial charge on any atom is 0.341 e. The lowest BCUT2D eigenvalue weighted by atomic mass is 10.0. The Morgan fingerprint density at radius 3 is 2.34 bits per heavy atom. The molecule has 0 unspecified atom stereocenters. The van der Waals surface area contributed by atoms with Crippen molar-refractivity contribution >= 4 is 17.7 Å². The smallest absolute Gasteiger partial charge is 0.341 e. The number of hydrogen-bond donors (Lipinski definition) is 2. The van der Waals surface area contributed by atoms with Crippen LogP contribution in [0, 0.1) is 5.92 Å². The molecule has 0 spiro atoms. The number of unbranched alkanes of at least 4 members (excludes halogenated alkanes) is 3. The molecule has 7 nitrogen and oxygen atoms in total. The van der Waals surface area contributed by atoms with Crippen molar-refractivity contribution in [3.63, 3.8) is 0 Å². The van der Waals surface area contributed by atoms with E-state index < -0.39 is 18.5 Å². The van der Waals surface area contributed by atoms with Crippen molar-refractivity contribution in [3.05, 3.63) is 35.9 Å². The molecule has 0 saturated carbocycles. The maximum atomic E-state index is 12.2. The fraction of sp³-hybridized carbons (Fsp3) is 0.560. The topological polar surface area (TPSA) is 110 Å². The largest absolute Gasteiger partial charge is 0.490 e. The number of hydrogen-bond acceptors (Lipinski definition) is 5. The summed E-state index contributed by atoms with van der Waals surface area (Å²) in [5.41, 5.74) is 0.904. The number of ketones is 1. The lowest BCUT2D eigenvalue weighted by molar-refractivity contribution is -0.139. The van der Waals surface area contributed by atoms with Crippen LogP contribution in [0.15, 0.2) is 30.4 Å². The Morgan fingerprint density at radius 2 is 1.66 bits per heavy atom. The molecular weight excluding hydrogens is 412 g/mol. The highest BCUT2D eigenvalue weighted by Gasteiger charge is 2.11. The number of aryl methyl sites for hydroxylation is 1. The third-order valence-corrected chi connectivity index (χ3v) is 4.69. The van der Waals surface area contributed by atoms with Crippen LogP contribution in [0.25, 0.3) is 0 Å². The van der Waals surface area contributed by atoms with Gasteiger partial charge in [-0.1, -0.05) is 32.1 Å². The average Bonchev–Trinajstić information content (AvgIpc) is 2.73. The first-order valence-corrected chi connectivity index (χ1v) is 11.3. The Kier molecular flexibility index (Phi) is 13.5. The average molecular weight is 449 g/mol. The fourth-order valence-corrected chi connectivity index (χ4v) is 3.00. The lowest BCUT2D eigenvalue weighted by Crippen LogP contribution is -2.11. The fourth-order valence-electron chi connectivity index (χ4n) is 3.00. The van der Waals surface area contributed by atoms with Crippen LogP contribution >= 0.6 is 0 Å². The Bertz CT molecular complexity index is 753. The van der Waals surface area contributed by atoms with E-state index in [9.17, 15) is 14.4 Å². The maximum absolute atomic E-state index is 12.2. The SMILES string of the molecule is CC(C)/C=C/CCCCC(=O)CCc1ccc(OCC(=O)O)c(OCCCCC(=O)O)c1. The van der Waals surface area contributed by atoms with Crippen LogP contribution in [0.4, 0.5) is 0 Å². The van der Waals surface area contributed by atoms with Gasteiger partial charge in [-0.25, -0.2) is 4.79 Å². The first-order valence-electron chi connectivity index (χ1n) is 11.3. The molecule has 0 atom stereocenters. The van der Waals surface area contributed by atoms with E-state index >= 15 is 0 Å². The summed E-state index contributed by atoms with van der Waals surface area (Å²) in [5.74, 6) is -0.448. The number of benzene rings is 1. The van der Waals surface area contributed by atoms with Gasteiger partial charge in [0, 0.05) is 19.3 Å². The van der Waals surface area contributed by atoms with Crippen LogP contribution in [0.3, 0.4) is 0 Å². The van der Waals surface area contributed by atoms with E-state index in [1.807, 2.05) is 0 Å². The molecule has 0 aliphatic rings. The van der Waals surface area contributed by atoms with Crippen LogP contribution in [0.1, 0.15) is 70.8 Å². The molecule has 0 bridgehead atoms. The van der Waals surface area contributed by atoms with E-state index in [1.165, 1.54) is 0 Å². The van der Waals surface area contributed by atoms with Crippen LogP contribution in [0.2, 0.25) is 0 Å². The van der Waals surface area contributed by atoms with Gasteiger partial charge in [-0.2, -0.15) is 0 Å². The van der Waals surface area contributed by atoms with Gasteiger partial charge >= 0.3 is 11.9 Å². The molecule has 0 saturated heterocycles. The molecule has 2 N–H and O–H groups in total. The highest BCUT2D eigenvalue weighted by molar-refractivity contribution is 5.78. The standard InChI is InChI=1S/C25H36O7/c1-19(2)9-5-3-4-6-10-21(26)14-12-20-13-15-22(32-18-25(29)30)23(17-20)31-16-8-7-11-24(27)28/h5,9,13,15,17,19H,3-4,6-8,10-12,14,16,18H2,1-2H3,(H,27,28)(H,29,30)/b9-5+. The van der Waals surface area contributed by atoms with Crippen molar-refractivity contribution in [1.29, 1.82) is 0 Å². The summed E-state index contributed by atoms with van der Waals surface area (Å²) < 4.78 is 11.0. The molecule has 0 aromatic heterocycles. The number of allylic oxidation sites excluding steroid dienone is 2. The van der Waals surface area contributed by atoms with Crippen LogP contribution in [-0.2, 0) is 20.8 Å². The van der Waals surface area contributed by atoms with Gasteiger partial charge in [0.05, 0.1) is 6.61 Å². The second kappa shape index (κ2) is 15.9. The number of carboxylic acids is 2. The number of carbonyl (C=O) groups excluding carboxylic acids is 1. The van der Waals surface area contributed by atoms with E-state index in [4.69, 9.17) is 19.7 Å². The molecule has 178 valence electrons. The van der Waals surface area contributed by atoms with Gasteiger partial charge < -0.3 is 19.7 Å². The van der Waals surface area contributed by atoms with Gasteiger partial charge in [-0.05, 0) is 62.1 Å². The first kappa shape index (κ1) is 27.2.